The SMILES string of the molecule is CN(CC(F)F)CC(C=O)Nc1cc(-c2cnc(NC(=O)C3CC3)cn2)cnc1C#N. The Bertz CT molecular complexity index is 974. The fourth-order valence-corrected chi connectivity index (χ4v) is 2.89. The van der Waals surface area contributed by atoms with E-state index in [1.54, 1.807) is 6.07 Å². The zero-order chi connectivity index (χ0) is 22.4. The van der Waals surface area contributed by atoms with Crippen LogP contribution in [0, 0.1) is 17.2 Å². The van der Waals surface area contributed by atoms with Crippen LogP contribution in [-0.2, 0) is 9.59 Å². The Morgan fingerprint density at radius 3 is 2.65 bits per heavy atom. The van der Waals surface area contributed by atoms with Crippen LogP contribution >= 0.6 is 0 Å². The fourth-order valence-electron chi connectivity index (χ4n) is 2.89. The first kappa shape index (κ1) is 22.2. The molecule has 1 unspecified atom stereocenters. The second-order valence-electron chi connectivity index (χ2n) is 7.28. The van der Waals surface area contributed by atoms with E-state index in [4.69, 9.17) is 0 Å². The lowest BCUT2D eigenvalue weighted by molar-refractivity contribution is -0.117. The predicted molar refractivity (Wildman–Crippen MR) is 108 cm³/mol. The molecule has 1 atom stereocenters. The largest absolute Gasteiger partial charge is 0.372 e. The zero-order valence-electron chi connectivity index (χ0n) is 16.8. The highest BCUT2D eigenvalue weighted by molar-refractivity contribution is 5.93. The van der Waals surface area contributed by atoms with Gasteiger partial charge in [-0.3, -0.25) is 14.7 Å². The highest BCUT2D eigenvalue weighted by Crippen LogP contribution is 2.30. The molecule has 1 fully saturated rings. The molecule has 0 aromatic carbocycles. The summed E-state index contributed by atoms with van der Waals surface area (Å²) >= 11 is 0. The fraction of sp³-hybridized carbons (Fsp3) is 0.400. The molecule has 0 saturated heterocycles. The van der Waals surface area contributed by atoms with E-state index < -0.39 is 19.0 Å². The maximum Gasteiger partial charge on any atom is 0.251 e. The Morgan fingerprint density at radius 2 is 2.06 bits per heavy atom. The molecule has 0 spiro atoms. The van der Waals surface area contributed by atoms with Gasteiger partial charge in [-0.2, -0.15) is 5.26 Å². The topological polar surface area (TPSA) is 124 Å². The number of nitrogens with one attached hydrogen (secondary N) is 2. The van der Waals surface area contributed by atoms with E-state index in [0.717, 1.165) is 12.8 Å². The molecule has 2 N–H and O–H groups in total. The van der Waals surface area contributed by atoms with Gasteiger partial charge in [0.25, 0.3) is 6.43 Å². The number of amides is 1. The molecule has 1 amide bonds. The molecule has 162 valence electrons. The van der Waals surface area contributed by atoms with Crippen LogP contribution in [-0.4, -0.2) is 64.6 Å². The smallest absolute Gasteiger partial charge is 0.251 e. The van der Waals surface area contributed by atoms with Gasteiger partial charge in [-0.25, -0.2) is 18.7 Å². The summed E-state index contributed by atoms with van der Waals surface area (Å²) in [7, 11) is 1.48. The number of nitrogens with zero attached hydrogens (tertiary/aromatic N) is 5. The van der Waals surface area contributed by atoms with Gasteiger partial charge in [0.2, 0.25) is 5.91 Å². The standard InChI is InChI=1S/C20H21F2N7O2/c1-29(10-18(21)22)9-14(11-30)27-15-4-13(6-24-16(15)5-23)17-7-26-19(8-25-17)28-20(31)12-2-3-12/h4,6-8,11-12,14,18,27H,2-3,9-10H2,1H3,(H,26,28,31). The minimum Gasteiger partial charge on any atom is -0.372 e. The number of aldehydes is 1. The van der Waals surface area contributed by atoms with Gasteiger partial charge in [0, 0.05) is 24.2 Å². The Labute approximate surface area is 177 Å². The van der Waals surface area contributed by atoms with E-state index in [0.29, 0.717) is 23.4 Å². The summed E-state index contributed by atoms with van der Waals surface area (Å²) in [6.07, 6.45) is 4.15. The van der Waals surface area contributed by atoms with Crippen molar-refractivity contribution in [2.75, 3.05) is 30.8 Å². The Kier molecular flexibility index (Phi) is 7.15. The van der Waals surface area contributed by atoms with Gasteiger partial charge >= 0.3 is 0 Å². The minimum absolute atomic E-state index is 0.0259. The molecule has 9 nitrogen and oxygen atoms in total. The van der Waals surface area contributed by atoms with Crippen molar-refractivity contribution < 1.29 is 18.4 Å². The molecule has 0 aliphatic heterocycles. The molecular weight excluding hydrogens is 408 g/mol. The van der Waals surface area contributed by atoms with E-state index >= 15 is 0 Å². The van der Waals surface area contributed by atoms with Crippen molar-refractivity contribution in [1.29, 1.82) is 5.26 Å². The average Bonchev–Trinajstić information content (AvgIpc) is 3.58. The number of carbonyl (C=O) groups excluding carboxylic acids is 2. The Morgan fingerprint density at radius 1 is 1.29 bits per heavy atom. The third-order valence-corrected chi connectivity index (χ3v) is 4.60. The van der Waals surface area contributed by atoms with Gasteiger partial charge in [0.1, 0.15) is 12.4 Å². The molecule has 2 aromatic rings. The van der Waals surface area contributed by atoms with Crippen molar-refractivity contribution in [2.24, 2.45) is 5.92 Å². The molecule has 31 heavy (non-hydrogen) atoms. The predicted octanol–water partition coefficient (Wildman–Crippen LogP) is 1.94. The van der Waals surface area contributed by atoms with E-state index in [1.165, 1.54) is 30.5 Å². The first-order valence-corrected chi connectivity index (χ1v) is 9.61. The van der Waals surface area contributed by atoms with Crippen LogP contribution in [0.2, 0.25) is 0 Å². The molecule has 11 heteroatoms. The summed E-state index contributed by atoms with van der Waals surface area (Å²) in [6.45, 7) is -0.452. The van der Waals surface area contributed by atoms with Gasteiger partial charge in [-0.05, 0) is 26.0 Å². The first-order valence-electron chi connectivity index (χ1n) is 9.61. The summed E-state index contributed by atoms with van der Waals surface area (Å²) < 4.78 is 25.1. The molecule has 0 bridgehead atoms. The Balaban J connectivity index is 1.74. The summed E-state index contributed by atoms with van der Waals surface area (Å²) in [5.74, 6) is 0.303. The van der Waals surface area contributed by atoms with Gasteiger partial charge in [0.05, 0.1) is 36.4 Å². The Hall–Kier alpha value is -3.52. The van der Waals surface area contributed by atoms with Gasteiger partial charge in [-0.15, -0.1) is 0 Å². The van der Waals surface area contributed by atoms with Crippen molar-refractivity contribution in [3.8, 4) is 17.3 Å². The summed E-state index contributed by atoms with van der Waals surface area (Å²) in [4.78, 5) is 37.1. The monoisotopic (exact) mass is 429 g/mol. The molecule has 2 heterocycles. The van der Waals surface area contributed by atoms with Crippen molar-refractivity contribution in [2.45, 2.75) is 25.3 Å². The number of carbonyl (C=O) groups is 2. The number of rotatable bonds is 10. The van der Waals surface area contributed by atoms with Crippen LogP contribution in [0.3, 0.4) is 0 Å². The van der Waals surface area contributed by atoms with E-state index in [1.807, 2.05) is 6.07 Å². The normalized spacial score (nSPS) is 14.2. The maximum atomic E-state index is 12.5. The lowest BCUT2D eigenvalue weighted by atomic mass is 10.1. The van der Waals surface area contributed by atoms with E-state index in [2.05, 4.69) is 25.6 Å². The number of nitriles is 1. The second-order valence-corrected chi connectivity index (χ2v) is 7.28. The number of alkyl halides is 2. The number of aromatic nitrogens is 3. The number of pyridine rings is 1. The van der Waals surface area contributed by atoms with Crippen LogP contribution in [0.25, 0.3) is 11.3 Å². The van der Waals surface area contributed by atoms with Crippen LogP contribution in [0.4, 0.5) is 20.3 Å². The van der Waals surface area contributed by atoms with Crippen LogP contribution < -0.4 is 10.6 Å². The van der Waals surface area contributed by atoms with Gasteiger partial charge in [0.15, 0.2) is 11.5 Å². The van der Waals surface area contributed by atoms with Crippen molar-refractivity contribution in [3.05, 3.63) is 30.4 Å². The lowest BCUT2D eigenvalue weighted by Gasteiger charge is -2.22. The highest BCUT2D eigenvalue weighted by Gasteiger charge is 2.29. The summed E-state index contributed by atoms with van der Waals surface area (Å²) in [6, 6.07) is 2.69. The van der Waals surface area contributed by atoms with Crippen LogP contribution in [0.15, 0.2) is 24.7 Å². The van der Waals surface area contributed by atoms with Crippen molar-refractivity contribution in [3.63, 3.8) is 0 Å². The number of likely N-dealkylation sites (N-methyl/N-ethyl adjacent to an activating group) is 1. The number of hydrogen-bond acceptors (Lipinski definition) is 8. The maximum absolute atomic E-state index is 12.5. The van der Waals surface area contributed by atoms with Gasteiger partial charge in [-0.1, -0.05) is 0 Å². The first-order chi connectivity index (χ1) is 14.9. The molecule has 1 aliphatic rings. The lowest BCUT2D eigenvalue weighted by Crippen LogP contribution is -2.38. The quantitative estimate of drug-likeness (QED) is 0.549. The van der Waals surface area contributed by atoms with Crippen molar-refractivity contribution >= 4 is 23.7 Å². The van der Waals surface area contributed by atoms with Crippen LogP contribution in [0.5, 0.6) is 0 Å². The number of halogens is 2. The molecular formula is C20H21F2N7O2. The third kappa shape index (κ3) is 6.23. The van der Waals surface area contributed by atoms with Gasteiger partial charge < -0.3 is 15.4 Å². The van der Waals surface area contributed by atoms with Crippen molar-refractivity contribution in [1.82, 2.24) is 19.9 Å². The minimum atomic E-state index is -2.52. The third-order valence-electron chi connectivity index (χ3n) is 4.60. The summed E-state index contributed by atoms with van der Waals surface area (Å²) in [5.41, 5.74) is 1.30. The summed E-state index contributed by atoms with van der Waals surface area (Å²) in [5, 5.41) is 14.9. The average molecular weight is 429 g/mol. The zero-order valence-corrected chi connectivity index (χ0v) is 16.8. The molecule has 2 aromatic heterocycles. The number of hydrogen-bond donors (Lipinski definition) is 2. The second kappa shape index (κ2) is 9.99. The van der Waals surface area contributed by atoms with Crippen LogP contribution in [0.1, 0.15) is 18.5 Å². The van der Waals surface area contributed by atoms with E-state index in [-0.39, 0.29) is 29.8 Å². The molecule has 3 rings (SSSR count). The molecule has 0 radical (unpaired) electrons. The molecule has 1 saturated carbocycles. The molecule has 1 aliphatic carbocycles. The van der Waals surface area contributed by atoms with E-state index in [9.17, 15) is 23.6 Å². The number of anilines is 2. The highest BCUT2D eigenvalue weighted by atomic mass is 19.3.